The Morgan fingerprint density at radius 3 is 1.60 bits per heavy atom. The maximum Gasteiger partial charge on any atom is 0.130 e. The van der Waals surface area contributed by atoms with Gasteiger partial charge >= 0.3 is 0 Å². The first-order valence-corrected chi connectivity index (χ1v) is 4.68. The molecule has 0 aliphatic carbocycles. The Balaban J connectivity index is 4.62. The van der Waals surface area contributed by atoms with Crippen LogP contribution in [-0.4, -0.2) is 10.7 Å². The van der Waals surface area contributed by atoms with Gasteiger partial charge in [-0.05, 0) is 5.57 Å². The van der Waals surface area contributed by atoms with Gasteiger partial charge in [-0.1, -0.05) is 31.9 Å². The average Bonchev–Trinajstić information content (AvgIpc) is 2.00. The van der Waals surface area contributed by atoms with Crippen molar-refractivity contribution in [3.63, 3.8) is 0 Å². The molecule has 0 aliphatic rings. The minimum Gasteiger partial charge on any atom is -0.192 e. The lowest BCUT2D eigenvalue weighted by molar-refractivity contribution is 1.37. The van der Waals surface area contributed by atoms with Crippen LogP contribution in [0, 0.1) is 22.7 Å². The summed E-state index contributed by atoms with van der Waals surface area (Å²) in [5.41, 5.74) is 0.971. The number of rotatable bonds is 2. The number of allylic oxidation sites excluding steroid dienone is 2. The first-order valence-electron chi connectivity index (χ1n) is 2.44. The van der Waals surface area contributed by atoms with Gasteiger partial charge in [0.1, 0.15) is 17.7 Å². The molecule has 4 heteroatoms. The molecule has 0 spiro atoms. The van der Waals surface area contributed by atoms with Crippen molar-refractivity contribution in [2.24, 2.45) is 0 Å². The summed E-state index contributed by atoms with van der Waals surface area (Å²) < 4.78 is 0. The van der Waals surface area contributed by atoms with Crippen LogP contribution in [0.25, 0.3) is 0 Å². The van der Waals surface area contributed by atoms with Crippen LogP contribution in [0.5, 0.6) is 0 Å². The average molecular weight is 264 g/mol. The summed E-state index contributed by atoms with van der Waals surface area (Å²) in [6.45, 7) is 0. The lowest BCUT2D eigenvalue weighted by Crippen LogP contribution is -1.90. The van der Waals surface area contributed by atoms with Crippen LogP contribution < -0.4 is 0 Å². The lowest BCUT2D eigenvalue weighted by Gasteiger charge is -1.93. The van der Waals surface area contributed by atoms with Gasteiger partial charge in [0.25, 0.3) is 0 Å². The number of halogens is 2. The van der Waals surface area contributed by atoms with Crippen molar-refractivity contribution in [1.82, 2.24) is 0 Å². The van der Waals surface area contributed by atoms with E-state index < -0.39 is 0 Å². The third-order valence-electron chi connectivity index (χ3n) is 0.900. The summed E-state index contributed by atoms with van der Waals surface area (Å²) in [6.07, 6.45) is 0. The van der Waals surface area contributed by atoms with Gasteiger partial charge in [-0.3, -0.25) is 0 Å². The summed E-state index contributed by atoms with van der Waals surface area (Å²) >= 11 is 6.34. The summed E-state index contributed by atoms with van der Waals surface area (Å²) in [5, 5.41) is 17.9. The molecule has 0 radical (unpaired) electrons. The Hall–Kier alpha value is -0.320. The van der Waals surface area contributed by atoms with Gasteiger partial charge < -0.3 is 0 Å². The quantitative estimate of drug-likeness (QED) is 0.566. The number of nitrogens with zero attached hydrogens (tertiary/aromatic N) is 2. The summed E-state index contributed by atoms with van der Waals surface area (Å²) in [6, 6.07) is 3.62. The van der Waals surface area contributed by atoms with E-state index in [2.05, 4.69) is 31.9 Å². The monoisotopic (exact) mass is 262 g/mol. The first-order chi connectivity index (χ1) is 4.79. The minimum absolute atomic E-state index is 0.189. The van der Waals surface area contributed by atoms with E-state index in [0.29, 0.717) is 10.7 Å². The topological polar surface area (TPSA) is 47.6 Å². The molecule has 0 rings (SSSR count). The summed E-state index contributed by atoms with van der Waals surface area (Å²) in [5.74, 6) is 0. The molecule has 0 saturated carbocycles. The predicted molar refractivity (Wildman–Crippen MR) is 45.8 cm³/mol. The van der Waals surface area contributed by atoms with E-state index in [1.165, 1.54) is 0 Å². The molecule has 0 aromatic rings. The Labute approximate surface area is 76.4 Å². The molecule has 0 fully saturated rings. The number of nitriles is 2. The van der Waals surface area contributed by atoms with Crippen LogP contribution in [0.15, 0.2) is 11.1 Å². The molecule has 0 atom stereocenters. The Morgan fingerprint density at radius 1 is 1.10 bits per heavy atom. The second-order valence-electron chi connectivity index (χ2n) is 1.47. The molecule has 0 heterocycles. The fraction of sp³-hybridized carbons (Fsp3) is 0.333. The van der Waals surface area contributed by atoms with Gasteiger partial charge in [-0.2, -0.15) is 10.5 Å². The van der Waals surface area contributed by atoms with Crippen molar-refractivity contribution in [2.45, 2.75) is 0 Å². The maximum atomic E-state index is 8.39. The molecule has 0 aromatic heterocycles. The van der Waals surface area contributed by atoms with E-state index >= 15 is 0 Å². The smallest absolute Gasteiger partial charge is 0.130 e. The molecular weight excluding hydrogens is 260 g/mol. The van der Waals surface area contributed by atoms with Crippen LogP contribution in [0.3, 0.4) is 0 Å². The van der Waals surface area contributed by atoms with E-state index in [-0.39, 0.29) is 5.57 Å². The summed E-state index contributed by atoms with van der Waals surface area (Å²) in [7, 11) is 0. The van der Waals surface area contributed by atoms with Crippen LogP contribution in [-0.2, 0) is 0 Å². The zero-order valence-corrected chi connectivity index (χ0v) is 8.24. The van der Waals surface area contributed by atoms with Gasteiger partial charge in [0.15, 0.2) is 0 Å². The normalized spacial score (nSPS) is 7.60. The van der Waals surface area contributed by atoms with Gasteiger partial charge in [0.2, 0.25) is 0 Å². The first kappa shape index (κ1) is 9.68. The largest absolute Gasteiger partial charge is 0.192 e. The molecule has 0 aliphatic heterocycles. The zero-order valence-electron chi connectivity index (χ0n) is 5.06. The second kappa shape index (κ2) is 5.46. The molecule has 0 amide bonds. The van der Waals surface area contributed by atoms with Crippen LogP contribution >= 0.6 is 31.9 Å². The fourth-order valence-electron chi connectivity index (χ4n) is 0.352. The number of hydrogen-bond donors (Lipinski definition) is 0. The standard InChI is InChI=1S/C6H4Br2N2/c7-1-5(2-8)6(3-9)4-10/h1-2H2. The SMILES string of the molecule is N#CC(C#N)=C(CBr)CBr. The van der Waals surface area contributed by atoms with Crippen molar-refractivity contribution < 1.29 is 0 Å². The molecule has 52 valence electrons. The van der Waals surface area contributed by atoms with Crippen molar-refractivity contribution in [3.05, 3.63) is 11.1 Å². The molecule has 10 heavy (non-hydrogen) atoms. The number of alkyl halides is 2. The van der Waals surface area contributed by atoms with Crippen molar-refractivity contribution in [1.29, 1.82) is 10.5 Å². The van der Waals surface area contributed by atoms with Crippen molar-refractivity contribution in [2.75, 3.05) is 10.7 Å². The lowest BCUT2D eigenvalue weighted by atomic mass is 10.2. The third-order valence-corrected chi connectivity index (χ3v) is 2.25. The molecule has 2 nitrogen and oxygen atoms in total. The van der Waals surface area contributed by atoms with Crippen molar-refractivity contribution >= 4 is 31.9 Å². The van der Waals surface area contributed by atoms with Gasteiger partial charge in [-0.15, -0.1) is 0 Å². The Morgan fingerprint density at radius 2 is 1.50 bits per heavy atom. The molecular formula is C6H4Br2N2. The van der Waals surface area contributed by atoms with Gasteiger partial charge in [-0.25, -0.2) is 0 Å². The fourth-order valence-corrected chi connectivity index (χ4v) is 1.84. The van der Waals surface area contributed by atoms with Gasteiger partial charge in [0, 0.05) is 10.7 Å². The van der Waals surface area contributed by atoms with Crippen LogP contribution in [0.1, 0.15) is 0 Å². The predicted octanol–water partition coefficient (Wildman–Crippen LogP) is 2.12. The molecule has 0 bridgehead atoms. The highest BCUT2D eigenvalue weighted by molar-refractivity contribution is 9.10. The third kappa shape index (κ3) is 2.51. The van der Waals surface area contributed by atoms with E-state index in [4.69, 9.17) is 10.5 Å². The Bertz CT molecular complexity index is 197. The van der Waals surface area contributed by atoms with E-state index in [0.717, 1.165) is 5.57 Å². The molecule has 0 saturated heterocycles. The maximum absolute atomic E-state index is 8.39. The Kier molecular flexibility index (Phi) is 5.29. The highest BCUT2D eigenvalue weighted by Crippen LogP contribution is 2.08. The van der Waals surface area contributed by atoms with Gasteiger partial charge in [0.05, 0.1) is 0 Å². The second-order valence-corrected chi connectivity index (χ2v) is 2.59. The van der Waals surface area contributed by atoms with Crippen LogP contribution in [0.4, 0.5) is 0 Å². The van der Waals surface area contributed by atoms with E-state index in [1.807, 2.05) is 12.1 Å². The highest BCUT2D eigenvalue weighted by atomic mass is 79.9. The molecule has 0 unspecified atom stereocenters. The molecule has 0 aromatic carbocycles. The van der Waals surface area contributed by atoms with Crippen molar-refractivity contribution in [3.8, 4) is 12.1 Å². The summed E-state index contributed by atoms with van der Waals surface area (Å²) in [4.78, 5) is 0. The van der Waals surface area contributed by atoms with E-state index in [1.54, 1.807) is 0 Å². The number of hydrogen-bond acceptors (Lipinski definition) is 2. The van der Waals surface area contributed by atoms with Crippen LogP contribution in [0.2, 0.25) is 0 Å². The molecule has 0 N–H and O–H groups in total. The highest BCUT2D eigenvalue weighted by Gasteiger charge is 2.01. The zero-order chi connectivity index (χ0) is 7.98. The van der Waals surface area contributed by atoms with E-state index in [9.17, 15) is 0 Å². The minimum atomic E-state index is 0.189.